The topological polar surface area (TPSA) is 58.6 Å². The second-order valence-corrected chi connectivity index (χ2v) is 5.51. The molecule has 0 bridgehead atoms. The molecule has 1 aromatic rings. The van der Waals surface area contributed by atoms with Crippen LogP contribution in [0.1, 0.15) is 12.8 Å². The molecule has 0 aromatic heterocycles. The molecule has 0 spiro atoms. The van der Waals surface area contributed by atoms with Gasteiger partial charge in [0.1, 0.15) is 11.6 Å². The van der Waals surface area contributed by atoms with Crippen LogP contribution in [0.25, 0.3) is 0 Å². The van der Waals surface area contributed by atoms with Crippen LogP contribution in [0.4, 0.5) is 4.39 Å². The predicted octanol–water partition coefficient (Wildman–Crippen LogP) is 1.85. The lowest BCUT2D eigenvalue weighted by atomic mass is 9.82. The summed E-state index contributed by atoms with van der Waals surface area (Å²) in [5.41, 5.74) is 0. The van der Waals surface area contributed by atoms with Crippen molar-refractivity contribution in [1.29, 1.82) is 0 Å². The van der Waals surface area contributed by atoms with E-state index in [0.717, 1.165) is 12.8 Å². The van der Waals surface area contributed by atoms with E-state index in [1.807, 2.05) is 0 Å². The summed E-state index contributed by atoms with van der Waals surface area (Å²) in [4.78, 5) is 11.5. The molecule has 1 saturated carbocycles. The van der Waals surface area contributed by atoms with Crippen molar-refractivity contribution in [2.24, 2.45) is 5.92 Å². The van der Waals surface area contributed by atoms with Crippen LogP contribution in [-0.2, 0) is 4.79 Å². The molecule has 0 unspecified atom stereocenters. The number of amides is 1. The second-order valence-electron chi connectivity index (χ2n) is 4.66. The predicted molar refractivity (Wildman–Crippen MR) is 71.3 cm³/mol. The van der Waals surface area contributed by atoms with Gasteiger partial charge in [0.15, 0.2) is 6.61 Å². The van der Waals surface area contributed by atoms with Gasteiger partial charge in [-0.05, 0) is 52.9 Å². The zero-order valence-corrected chi connectivity index (χ0v) is 11.8. The molecular formula is C13H15BrFNO3. The molecule has 0 aliphatic heterocycles. The fraction of sp³-hybridized carbons (Fsp3) is 0.462. The van der Waals surface area contributed by atoms with Gasteiger partial charge in [0, 0.05) is 6.54 Å². The van der Waals surface area contributed by atoms with Gasteiger partial charge < -0.3 is 15.2 Å². The highest BCUT2D eigenvalue weighted by Gasteiger charge is 2.27. The van der Waals surface area contributed by atoms with Crippen molar-refractivity contribution in [2.45, 2.75) is 18.9 Å². The van der Waals surface area contributed by atoms with Crippen LogP contribution in [0, 0.1) is 11.7 Å². The molecule has 1 aliphatic carbocycles. The zero-order chi connectivity index (χ0) is 13.8. The van der Waals surface area contributed by atoms with E-state index in [4.69, 9.17) is 9.84 Å². The number of hydrogen-bond acceptors (Lipinski definition) is 3. The van der Waals surface area contributed by atoms with Gasteiger partial charge in [0.2, 0.25) is 0 Å². The fourth-order valence-corrected chi connectivity index (χ4v) is 2.38. The van der Waals surface area contributed by atoms with Crippen LogP contribution in [0.3, 0.4) is 0 Å². The maximum Gasteiger partial charge on any atom is 0.257 e. The van der Waals surface area contributed by atoms with Gasteiger partial charge in [0.05, 0.1) is 10.6 Å². The number of hydrogen-bond donors (Lipinski definition) is 2. The van der Waals surface area contributed by atoms with E-state index in [1.165, 1.54) is 18.2 Å². The highest BCUT2D eigenvalue weighted by Crippen LogP contribution is 2.26. The summed E-state index contributed by atoms with van der Waals surface area (Å²) < 4.78 is 18.6. The lowest BCUT2D eigenvalue weighted by Gasteiger charge is -2.31. The molecule has 0 radical (unpaired) electrons. The van der Waals surface area contributed by atoms with Gasteiger partial charge in [-0.1, -0.05) is 0 Å². The average Bonchev–Trinajstić information content (AvgIpc) is 2.32. The summed E-state index contributed by atoms with van der Waals surface area (Å²) in [7, 11) is 0. The molecule has 2 N–H and O–H groups in total. The van der Waals surface area contributed by atoms with E-state index < -0.39 is 0 Å². The first-order chi connectivity index (χ1) is 9.04. The maximum atomic E-state index is 12.8. The van der Waals surface area contributed by atoms with Crippen LogP contribution in [0.15, 0.2) is 22.7 Å². The van der Waals surface area contributed by atoms with Gasteiger partial charge in [-0.15, -0.1) is 0 Å². The minimum absolute atomic E-state index is 0.112. The Morgan fingerprint density at radius 1 is 1.53 bits per heavy atom. The quantitative estimate of drug-likeness (QED) is 0.865. The Balaban J connectivity index is 1.71. The number of nitrogens with one attached hydrogen (secondary N) is 1. The fourth-order valence-electron chi connectivity index (χ4n) is 1.91. The van der Waals surface area contributed by atoms with Crippen molar-refractivity contribution in [3.05, 3.63) is 28.5 Å². The second kappa shape index (κ2) is 6.34. The summed E-state index contributed by atoms with van der Waals surface area (Å²) in [5.74, 6) is 0.192. The average molecular weight is 332 g/mol. The largest absolute Gasteiger partial charge is 0.483 e. The summed E-state index contributed by atoms with van der Waals surface area (Å²) in [5, 5.41) is 11.9. The normalized spacial score (nSPS) is 21.6. The molecule has 1 fully saturated rings. The van der Waals surface area contributed by atoms with E-state index in [1.54, 1.807) is 0 Å². The number of carbonyl (C=O) groups excluding carboxylic acids is 1. The summed E-state index contributed by atoms with van der Waals surface area (Å²) in [6.07, 6.45) is 1.27. The van der Waals surface area contributed by atoms with Crippen molar-refractivity contribution >= 4 is 21.8 Å². The molecule has 1 aromatic carbocycles. The summed E-state index contributed by atoms with van der Waals surface area (Å²) >= 11 is 3.16. The first-order valence-corrected chi connectivity index (χ1v) is 6.86. The number of aliphatic hydroxyl groups is 1. The molecule has 2 rings (SSSR count). The maximum absolute atomic E-state index is 12.8. The van der Waals surface area contributed by atoms with Crippen LogP contribution in [0.5, 0.6) is 5.75 Å². The van der Waals surface area contributed by atoms with Crippen molar-refractivity contribution in [3.63, 3.8) is 0 Å². The Bertz CT molecular complexity index is 463. The van der Waals surface area contributed by atoms with Crippen molar-refractivity contribution in [2.75, 3.05) is 13.2 Å². The summed E-state index contributed by atoms with van der Waals surface area (Å²) in [6, 6.07) is 4.02. The molecule has 0 atom stereocenters. The molecule has 4 nitrogen and oxygen atoms in total. The van der Waals surface area contributed by atoms with Crippen molar-refractivity contribution in [3.8, 4) is 5.75 Å². The Morgan fingerprint density at radius 3 is 2.89 bits per heavy atom. The lowest BCUT2D eigenvalue weighted by Crippen LogP contribution is -2.39. The number of carbonyl (C=O) groups is 1. The summed E-state index contributed by atoms with van der Waals surface area (Å²) in [6.45, 7) is 0.448. The molecule has 0 heterocycles. The minimum atomic E-state index is -0.368. The molecule has 104 valence electrons. The van der Waals surface area contributed by atoms with Crippen LogP contribution in [0.2, 0.25) is 0 Å². The Kier molecular flexibility index (Phi) is 4.76. The van der Waals surface area contributed by atoms with E-state index in [-0.39, 0.29) is 24.4 Å². The van der Waals surface area contributed by atoms with Crippen LogP contribution >= 0.6 is 15.9 Å². The minimum Gasteiger partial charge on any atom is -0.483 e. The van der Waals surface area contributed by atoms with Gasteiger partial charge >= 0.3 is 0 Å². The number of rotatable bonds is 5. The first-order valence-electron chi connectivity index (χ1n) is 6.07. The molecule has 1 aliphatic rings. The lowest BCUT2D eigenvalue weighted by molar-refractivity contribution is -0.123. The Hall–Kier alpha value is -1.14. The van der Waals surface area contributed by atoms with Crippen molar-refractivity contribution < 1.29 is 19.0 Å². The smallest absolute Gasteiger partial charge is 0.257 e. The number of ether oxygens (including phenoxy) is 1. The van der Waals surface area contributed by atoms with Gasteiger partial charge in [0.25, 0.3) is 5.91 Å². The van der Waals surface area contributed by atoms with E-state index in [0.29, 0.717) is 22.7 Å². The van der Waals surface area contributed by atoms with Gasteiger partial charge in [-0.2, -0.15) is 0 Å². The molecular weight excluding hydrogens is 317 g/mol. The third kappa shape index (κ3) is 4.18. The monoisotopic (exact) mass is 331 g/mol. The number of benzene rings is 1. The Labute approximate surface area is 119 Å². The molecule has 19 heavy (non-hydrogen) atoms. The molecule has 1 amide bonds. The van der Waals surface area contributed by atoms with E-state index in [2.05, 4.69) is 21.2 Å². The number of aliphatic hydroxyl groups excluding tert-OH is 1. The SMILES string of the molecule is O=C(COc1ccc(F)cc1Br)NCC1CC(O)C1. The van der Waals surface area contributed by atoms with Gasteiger partial charge in [-0.25, -0.2) is 4.39 Å². The van der Waals surface area contributed by atoms with Crippen LogP contribution < -0.4 is 10.1 Å². The highest BCUT2D eigenvalue weighted by molar-refractivity contribution is 9.10. The first kappa shape index (κ1) is 14.3. The third-order valence-corrected chi connectivity index (χ3v) is 3.67. The van der Waals surface area contributed by atoms with Crippen molar-refractivity contribution in [1.82, 2.24) is 5.32 Å². The molecule has 6 heteroatoms. The Morgan fingerprint density at radius 2 is 2.26 bits per heavy atom. The number of halogens is 2. The highest BCUT2D eigenvalue weighted by atomic mass is 79.9. The van der Waals surface area contributed by atoms with Crippen LogP contribution in [-0.4, -0.2) is 30.3 Å². The van der Waals surface area contributed by atoms with E-state index >= 15 is 0 Å². The molecule has 0 saturated heterocycles. The standard InChI is InChI=1S/C13H15BrFNO3/c14-11-5-9(15)1-2-12(11)19-7-13(18)16-6-8-3-10(17)4-8/h1-2,5,8,10,17H,3-4,6-7H2,(H,16,18). The van der Waals surface area contributed by atoms with E-state index in [9.17, 15) is 9.18 Å². The third-order valence-electron chi connectivity index (χ3n) is 3.05. The zero-order valence-electron chi connectivity index (χ0n) is 10.2. The van der Waals surface area contributed by atoms with Gasteiger partial charge in [-0.3, -0.25) is 4.79 Å².